The summed E-state index contributed by atoms with van der Waals surface area (Å²) in [6.45, 7) is 0. The predicted octanol–water partition coefficient (Wildman–Crippen LogP) is 3.81. The maximum absolute atomic E-state index is 12.4. The van der Waals surface area contributed by atoms with E-state index in [1.165, 1.54) is 24.2 Å². The van der Waals surface area contributed by atoms with E-state index in [1.54, 1.807) is 11.8 Å². The standard InChI is InChI=1S/C15H21NOS/c1-16(13-6-4-3-5-7-13)15(17)12-8-10-14(18-2)11-9-12/h8-11,13H,3-7H2,1-2H3. The van der Waals surface area contributed by atoms with E-state index >= 15 is 0 Å². The molecule has 0 spiro atoms. The van der Waals surface area contributed by atoms with Gasteiger partial charge in [0.05, 0.1) is 0 Å². The van der Waals surface area contributed by atoms with Gasteiger partial charge in [0.1, 0.15) is 0 Å². The van der Waals surface area contributed by atoms with E-state index in [0.29, 0.717) is 6.04 Å². The summed E-state index contributed by atoms with van der Waals surface area (Å²) in [5.74, 6) is 0.162. The first-order valence-electron chi connectivity index (χ1n) is 6.63. The van der Waals surface area contributed by atoms with Gasteiger partial charge in [-0.3, -0.25) is 4.79 Å². The van der Waals surface area contributed by atoms with Crippen LogP contribution in [0.4, 0.5) is 0 Å². The summed E-state index contributed by atoms with van der Waals surface area (Å²) in [5, 5.41) is 0. The zero-order chi connectivity index (χ0) is 13.0. The van der Waals surface area contributed by atoms with Gasteiger partial charge >= 0.3 is 0 Å². The molecule has 18 heavy (non-hydrogen) atoms. The molecule has 1 aromatic carbocycles. The Balaban J connectivity index is 2.04. The summed E-state index contributed by atoms with van der Waals surface area (Å²) in [7, 11) is 1.95. The molecule has 0 aliphatic heterocycles. The lowest BCUT2D eigenvalue weighted by atomic mass is 9.94. The third kappa shape index (κ3) is 3.08. The quantitative estimate of drug-likeness (QED) is 0.773. The van der Waals surface area contributed by atoms with Gasteiger partial charge < -0.3 is 4.90 Å². The second-order valence-corrected chi connectivity index (χ2v) is 5.82. The monoisotopic (exact) mass is 263 g/mol. The molecule has 98 valence electrons. The molecule has 1 aromatic rings. The molecule has 0 unspecified atom stereocenters. The minimum Gasteiger partial charge on any atom is -0.339 e. The Morgan fingerprint density at radius 2 is 1.78 bits per heavy atom. The number of carbonyl (C=O) groups is 1. The van der Waals surface area contributed by atoms with Crippen LogP contribution in [0.1, 0.15) is 42.5 Å². The molecule has 1 amide bonds. The minimum absolute atomic E-state index is 0.162. The maximum Gasteiger partial charge on any atom is 0.253 e. The van der Waals surface area contributed by atoms with Crippen molar-refractivity contribution in [3.8, 4) is 0 Å². The van der Waals surface area contributed by atoms with Crippen molar-refractivity contribution < 1.29 is 4.79 Å². The Labute approximate surface area is 114 Å². The van der Waals surface area contributed by atoms with Crippen molar-refractivity contribution in [3.63, 3.8) is 0 Å². The highest BCUT2D eigenvalue weighted by atomic mass is 32.2. The van der Waals surface area contributed by atoms with Crippen LogP contribution in [-0.4, -0.2) is 30.2 Å². The summed E-state index contributed by atoms with van der Waals surface area (Å²) >= 11 is 1.70. The van der Waals surface area contributed by atoms with Crippen molar-refractivity contribution in [1.29, 1.82) is 0 Å². The number of nitrogens with zero attached hydrogens (tertiary/aromatic N) is 1. The molecule has 0 bridgehead atoms. The molecule has 0 atom stereocenters. The average molecular weight is 263 g/mol. The van der Waals surface area contributed by atoms with E-state index in [4.69, 9.17) is 0 Å². The van der Waals surface area contributed by atoms with Crippen LogP contribution in [0.5, 0.6) is 0 Å². The number of rotatable bonds is 3. The highest BCUT2D eigenvalue weighted by Gasteiger charge is 2.22. The van der Waals surface area contributed by atoms with Gasteiger partial charge in [0.15, 0.2) is 0 Å². The van der Waals surface area contributed by atoms with E-state index in [9.17, 15) is 4.79 Å². The van der Waals surface area contributed by atoms with Crippen LogP contribution in [0.25, 0.3) is 0 Å². The van der Waals surface area contributed by atoms with Crippen LogP contribution < -0.4 is 0 Å². The van der Waals surface area contributed by atoms with Crippen LogP contribution in [0.15, 0.2) is 29.2 Å². The maximum atomic E-state index is 12.4. The van der Waals surface area contributed by atoms with Gasteiger partial charge in [0, 0.05) is 23.5 Å². The van der Waals surface area contributed by atoms with Crippen molar-refractivity contribution in [1.82, 2.24) is 4.90 Å². The molecular weight excluding hydrogens is 242 g/mol. The topological polar surface area (TPSA) is 20.3 Å². The van der Waals surface area contributed by atoms with Crippen LogP contribution in [0, 0.1) is 0 Å². The molecule has 1 fully saturated rings. The molecule has 2 rings (SSSR count). The van der Waals surface area contributed by atoms with Crippen molar-refractivity contribution in [2.75, 3.05) is 13.3 Å². The van der Waals surface area contributed by atoms with Crippen LogP contribution in [0.2, 0.25) is 0 Å². The Kier molecular flexibility index (Phi) is 4.70. The number of benzene rings is 1. The van der Waals surface area contributed by atoms with E-state index < -0.39 is 0 Å². The fourth-order valence-corrected chi connectivity index (χ4v) is 2.98. The molecule has 1 aliphatic carbocycles. The van der Waals surface area contributed by atoms with Gasteiger partial charge in [0.2, 0.25) is 0 Å². The third-order valence-corrected chi connectivity index (χ3v) is 4.52. The van der Waals surface area contributed by atoms with Gasteiger partial charge in [0.25, 0.3) is 5.91 Å². The van der Waals surface area contributed by atoms with E-state index in [-0.39, 0.29) is 5.91 Å². The van der Waals surface area contributed by atoms with Crippen LogP contribution in [0.3, 0.4) is 0 Å². The lowest BCUT2D eigenvalue weighted by Gasteiger charge is -2.31. The fourth-order valence-electron chi connectivity index (χ4n) is 2.57. The molecule has 1 saturated carbocycles. The smallest absolute Gasteiger partial charge is 0.253 e. The Bertz CT molecular complexity index is 395. The predicted molar refractivity (Wildman–Crippen MR) is 77.2 cm³/mol. The second kappa shape index (κ2) is 6.28. The third-order valence-electron chi connectivity index (χ3n) is 3.78. The summed E-state index contributed by atoms with van der Waals surface area (Å²) < 4.78 is 0. The molecule has 1 aliphatic rings. The molecular formula is C15H21NOS. The van der Waals surface area contributed by atoms with Crippen molar-refractivity contribution in [2.45, 2.75) is 43.0 Å². The Morgan fingerprint density at radius 3 is 2.33 bits per heavy atom. The lowest BCUT2D eigenvalue weighted by molar-refractivity contribution is 0.0696. The summed E-state index contributed by atoms with van der Waals surface area (Å²) in [6, 6.07) is 8.35. The van der Waals surface area contributed by atoms with Crippen molar-refractivity contribution >= 4 is 17.7 Å². The molecule has 2 nitrogen and oxygen atoms in total. The molecule has 0 heterocycles. The first kappa shape index (κ1) is 13.5. The highest BCUT2D eigenvalue weighted by Crippen LogP contribution is 2.23. The Hall–Kier alpha value is -0.960. The van der Waals surface area contributed by atoms with E-state index in [2.05, 4.69) is 0 Å². The van der Waals surface area contributed by atoms with Crippen molar-refractivity contribution in [3.05, 3.63) is 29.8 Å². The SMILES string of the molecule is CSc1ccc(C(=O)N(C)C2CCCCC2)cc1. The molecule has 0 radical (unpaired) electrons. The Morgan fingerprint density at radius 1 is 1.17 bits per heavy atom. The molecule has 0 aromatic heterocycles. The minimum atomic E-state index is 0.162. The zero-order valence-corrected chi connectivity index (χ0v) is 12.0. The number of hydrogen-bond acceptors (Lipinski definition) is 2. The van der Waals surface area contributed by atoms with Gasteiger partial charge in [-0.15, -0.1) is 11.8 Å². The normalized spacial score (nSPS) is 16.6. The summed E-state index contributed by atoms with van der Waals surface area (Å²) in [6.07, 6.45) is 8.20. The average Bonchev–Trinajstić information content (AvgIpc) is 2.47. The summed E-state index contributed by atoms with van der Waals surface area (Å²) in [5.41, 5.74) is 0.806. The number of hydrogen-bond donors (Lipinski definition) is 0. The van der Waals surface area contributed by atoms with E-state index in [1.807, 2.05) is 42.5 Å². The van der Waals surface area contributed by atoms with Gasteiger partial charge in [-0.05, 0) is 43.4 Å². The largest absolute Gasteiger partial charge is 0.339 e. The molecule has 0 saturated heterocycles. The van der Waals surface area contributed by atoms with E-state index in [0.717, 1.165) is 18.4 Å². The van der Waals surface area contributed by atoms with Gasteiger partial charge in [-0.1, -0.05) is 19.3 Å². The van der Waals surface area contributed by atoms with Crippen LogP contribution >= 0.6 is 11.8 Å². The number of thioether (sulfide) groups is 1. The second-order valence-electron chi connectivity index (χ2n) is 4.94. The van der Waals surface area contributed by atoms with Gasteiger partial charge in [-0.25, -0.2) is 0 Å². The number of amides is 1. The van der Waals surface area contributed by atoms with Gasteiger partial charge in [-0.2, -0.15) is 0 Å². The first-order valence-corrected chi connectivity index (χ1v) is 7.86. The number of carbonyl (C=O) groups excluding carboxylic acids is 1. The zero-order valence-electron chi connectivity index (χ0n) is 11.2. The summed E-state index contributed by atoms with van der Waals surface area (Å²) in [4.78, 5) is 15.5. The molecule has 3 heteroatoms. The van der Waals surface area contributed by atoms with Crippen molar-refractivity contribution in [2.24, 2.45) is 0 Å². The molecule has 0 N–H and O–H groups in total. The highest BCUT2D eigenvalue weighted by molar-refractivity contribution is 7.98. The lowest BCUT2D eigenvalue weighted by Crippen LogP contribution is -2.38. The fraction of sp³-hybridized carbons (Fsp3) is 0.533. The van der Waals surface area contributed by atoms with Crippen LogP contribution in [-0.2, 0) is 0 Å². The first-order chi connectivity index (χ1) is 8.72.